The van der Waals surface area contributed by atoms with E-state index in [1.165, 1.54) is 0 Å². The molecule has 30 heavy (non-hydrogen) atoms. The molecule has 8 nitrogen and oxygen atoms in total. The molecule has 0 spiro atoms. The number of carbonyl (C=O) groups is 2. The van der Waals surface area contributed by atoms with Crippen LogP contribution in [0.3, 0.4) is 0 Å². The first kappa shape index (κ1) is 20.0. The maximum Gasteiger partial charge on any atom is 0.286 e. The van der Waals surface area contributed by atoms with Crippen LogP contribution in [0.1, 0.15) is 23.4 Å². The Labute approximate surface area is 171 Å². The largest absolute Gasteiger partial charge is 0.449 e. The lowest BCUT2D eigenvalue weighted by molar-refractivity contribution is -0.119. The van der Waals surface area contributed by atoms with Crippen LogP contribution in [-0.4, -0.2) is 37.1 Å². The molecule has 1 fully saturated rings. The average molecular weight is 431 g/mol. The van der Waals surface area contributed by atoms with Crippen molar-refractivity contribution in [2.75, 3.05) is 11.9 Å². The molecule has 0 bridgehead atoms. The Morgan fingerprint density at radius 1 is 1.13 bits per heavy atom. The number of nitrogens with one attached hydrogen (secondary N) is 1. The number of carbonyl (C=O) groups excluding carboxylic acids is 2. The summed E-state index contributed by atoms with van der Waals surface area (Å²) in [5.74, 6) is -2.23. The maximum absolute atomic E-state index is 13.2. The highest BCUT2D eigenvalue weighted by molar-refractivity contribution is 7.89. The van der Waals surface area contributed by atoms with Gasteiger partial charge in [-0.25, -0.2) is 12.8 Å². The molecule has 0 unspecified atom stereocenters. The summed E-state index contributed by atoms with van der Waals surface area (Å²) < 4.78 is 45.7. The van der Waals surface area contributed by atoms with Gasteiger partial charge in [-0.3, -0.25) is 9.59 Å². The molecule has 2 amide bonds. The van der Waals surface area contributed by atoms with Crippen LogP contribution in [0.4, 0.5) is 10.1 Å². The molecule has 1 aliphatic rings. The number of fused-ring (bicyclic) bond motifs is 1. The van der Waals surface area contributed by atoms with E-state index in [2.05, 4.69) is 5.32 Å². The number of primary amides is 1. The van der Waals surface area contributed by atoms with E-state index in [0.29, 0.717) is 23.8 Å². The highest BCUT2D eigenvalue weighted by Crippen LogP contribution is 2.32. The van der Waals surface area contributed by atoms with Gasteiger partial charge in [-0.1, -0.05) is 12.1 Å². The summed E-state index contributed by atoms with van der Waals surface area (Å²) in [5, 5.41) is 3.10. The number of nitrogens with zero attached hydrogens (tertiary/aromatic N) is 1. The van der Waals surface area contributed by atoms with E-state index in [1.54, 1.807) is 24.3 Å². The van der Waals surface area contributed by atoms with E-state index in [9.17, 15) is 22.4 Å². The first-order valence-electron chi connectivity index (χ1n) is 9.18. The molecule has 0 radical (unpaired) electrons. The smallest absolute Gasteiger partial charge is 0.286 e. The summed E-state index contributed by atoms with van der Waals surface area (Å²) in [6.07, 6.45) is 0.779. The van der Waals surface area contributed by atoms with Crippen molar-refractivity contribution in [2.24, 2.45) is 5.73 Å². The Balaban J connectivity index is 1.65. The van der Waals surface area contributed by atoms with E-state index < -0.39 is 33.7 Å². The molecular formula is C20H18FN3O5S. The molecular weight excluding hydrogens is 413 g/mol. The number of nitrogens with two attached hydrogens (primary N) is 1. The molecule has 2 heterocycles. The van der Waals surface area contributed by atoms with Crippen LogP contribution in [0.15, 0.2) is 57.8 Å². The molecule has 2 aromatic carbocycles. The summed E-state index contributed by atoms with van der Waals surface area (Å²) in [6.45, 7) is 0.145. The SMILES string of the molecule is NC(=O)c1oc2ccccc2c1NC(=O)[C@H]1CCCN1S(=O)(=O)c1ccc(F)cc1. The molecule has 3 N–H and O–H groups in total. The van der Waals surface area contributed by atoms with E-state index in [-0.39, 0.29) is 22.9 Å². The molecule has 3 aromatic rings. The third-order valence-electron chi connectivity index (χ3n) is 4.99. The Kier molecular flexibility index (Phi) is 5.04. The van der Waals surface area contributed by atoms with Gasteiger partial charge in [0.2, 0.25) is 21.7 Å². The molecule has 1 aromatic heterocycles. The zero-order valence-electron chi connectivity index (χ0n) is 15.7. The molecule has 4 rings (SSSR count). The molecule has 156 valence electrons. The monoisotopic (exact) mass is 431 g/mol. The predicted molar refractivity (Wildman–Crippen MR) is 107 cm³/mol. The van der Waals surface area contributed by atoms with Crippen molar-refractivity contribution in [3.63, 3.8) is 0 Å². The quantitative estimate of drug-likeness (QED) is 0.642. The van der Waals surface area contributed by atoms with Gasteiger partial charge < -0.3 is 15.5 Å². The van der Waals surface area contributed by atoms with Gasteiger partial charge in [0.1, 0.15) is 23.1 Å². The van der Waals surface area contributed by atoms with Crippen LogP contribution in [0, 0.1) is 5.82 Å². The Bertz CT molecular complexity index is 1240. The van der Waals surface area contributed by atoms with Crippen molar-refractivity contribution in [3.05, 3.63) is 60.1 Å². The average Bonchev–Trinajstić information content (AvgIpc) is 3.34. The lowest BCUT2D eigenvalue weighted by Gasteiger charge is -2.23. The molecule has 1 saturated heterocycles. The fourth-order valence-corrected chi connectivity index (χ4v) is 5.24. The zero-order chi connectivity index (χ0) is 21.5. The van der Waals surface area contributed by atoms with Gasteiger partial charge in [0.15, 0.2) is 0 Å². The van der Waals surface area contributed by atoms with Crippen LogP contribution >= 0.6 is 0 Å². The van der Waals surface area contributed by atoms with E-state index >= 15 is 0 Å². The first-order chi connectivity index (χ1) is 14.3. The number of amides is 2. The number of benzene rings is 2. The van der Waals surface area contributed by atoms with Gasteiger partial charge in [-0.15, -0.1) is 0 Å². The van der Waals surface area contributed by atoms with Crippen molar-refractivity contribution >= 4 is 38.5 Å². The van der Waals surface area contributed by atoms with Crippen LogP contribution in [-0.2, 0) is 14.8 Å². The number of hydrogen-bond donors (Lipinski definition) is 2. The summed E-state index contributed by atoms with van der Waals surface area (Å²) >= 11 is 0. The number of para-hydroxylation sites is 1. The molecule has 0 saturated carbocycles. The van der Waals surface area contributed by atoms with Crippen molar-refractivity contribution in [1.82, 2.24) is 4.31 Å². The fourth-order valence-electron chi connectivity index (χ4n) is 3.58. The summed E-state index contributed by atoms with van der Waals surface area (Å²) in [6, 6.07) is 10.1. The lowest BCUT2D eigenvalue weighted by Crippen LogP contribution is -2.43. The highest BCUT2D eigenvalue weighted by Gasteiger charge is 2.40. The van der Waals surface area contributed by atoms with Crippen LogP contribution in [0.25, 0.3) is 11.0 Å². The van der Waals surface area contributed by atoms with Crippen LogP contribution < -0.4 is 11.1 Å². The molecule has 1 atom stereocenters. The molecule has 0 aliphatic carbocycles. The molecule has 1 aliphatic heterocycles. The third kappa shape index (κ3) is 3.44. The number of furan rings is 1. The summed E-state index contributed by atoms with van der Waals surface area (Å²) in [4.78, 5) is 24.7. The number of halogens is 1. The standard InChI is InChI=1S/C20H18FN3O5S/c21-12-7-9-13(10-8-12)30(27,28)24-11-3-5-15(24)20(26)23-17-14-4-1-2-6-16(14)29-18(17)19(22)25/h1-2,4,6-10,15H,3,5,11H2,(H2,22,25)(H,23,26)/t15-/m1/s1. The Morgan fingerprint density at radius 3 is 2.53 bits per heavy atom. The number of anilines is 1. The van der Waals surface area contributed by atoms with Gasteiger partial charge in [-0.2, -0.15) is 4.31 Å². The van der Waals surface area contributed by atoms with E-state index in [0.717, 1.165) is 28.6 Å². The number of hydrogen-bond acceptors (Lipinski definition) is 5. The van der Waals surface area contributed by atoms with Gasteiger partial charge in [0.05, 0.1) is 4.90 Å². The first-order valence-corrected chi connectivity index (χ1v) is 10.6. The van der Waals surface area contributed by atoms with E-state index in [1.807, 2.05) is 0 Å². The maximum atomic E-state index is 13.2. The topological polar surface area (TPSA) is 123 Å². The third-order valence-corrected chi connectivity index (χ3v) is 6.92. The van der Waals surface area contributed by atoms with Crippen molar-refractivity contribution in [3.8, 4) is 0 Å². The summed E-state index contributed by atoms with van der Waals surface area (Å²) in [5.41, 5.74) is 5.84. The minimum absolute atomic E-state index is 0.102. The summed E-state index contributed by atoms with van der Waals surface area (Å²) in [7, 11) is -4.01. The van der Waals surface area contributed by atoms with Crippen molar-refractivity contribution in [2.45, 2.75) is 23.8 Å². The molecule has 10 heteroatoms. The Morgan fingerprint density at radius 2 is 1.83 bits per heavy atom. The van der Waals surface area contributed by atoms with Crippen molar-refractivity contribution in [1.29, 1.82) is 0 Å². The normalized spacial score (nSPS) is 17.3. The second kappa shape index (κ2) is 7.54. The van der Waals surface area contributed by atoms with Crippen LogP contribution in [0.5, 0.6) is 0 Å². The lowest BCUT2D eigenvalue weighted by atomic mass is 10.2. The minimum Gasteiger partial charge on any atom is -0.449 e. The second-order valence-corrected chi connectivity index (χ2v) is 8.77. The number of sulfonamides is 1. The van der Waals surface area contributed by atoms with Gasteiger partial charge >= 0.3 is 0 Å². The van der Waals surface area contributed by atoms with Crippen LogP contribution in [0.2, 0.25) is 0 Å². The second-order valence-electron chi connectivity index (χ2n) is 6.88. The zero-order valence-corrected chi connectivity index (χ0v) is 16.5. The highest BCUT2D eigenvalue weighted by atomic mass is 32.2. The Hall–Kier alpha value is -3.24. The van der Waals surface area contributed by atoms with E-state index in [4.69, 9.17) is 10.2 Å². The minimum atomic E-state index is -4.01. The predicted octanol–water partition coefficient (Wildman–Crippen LogP) is 2.46. The number of rotatable bonds is 5. The van der Waals surface area contributed by atoms with Crippen molar-refractivity contribution < 1.29 is 26.8 Å². The van der Waals surface area contributed by atoms with Gasteiger partial charge in [0.25, 0.3) is 5.91 Å². The van der Waals surface area contributed by atoms with Gasteiger partial charge in [-0.05, 0) is 49.2 Å². The van der Waals surface area contributed by atoms with Gasteiger partial charge in [0, 0.05) is 11.9 Å². The fraction of sp³-hybridized carbons (Fsp3) is 0.200.